The summed E-state index contributed by atoms with van der Waals surface area (Å²) in [4.78, 5) is 21.3. The van der Waals surface area contributed by atoms with Gasteiger partial charge in [-0.2, -0.15) is 0 Å². The molecule has 0 aliphatic carbocycles. The molecule has 2 aliphatic heterocycles. The summed E-state index contributed by atoms with van der Waals surface area (Å²) in [5.74, 6) is 0.462. The van der Waals surface area contributed by atoms with Crippen LogP contribution >= 0.6 is 23.2 Å². The van der Waals surface area contributed by atoms with Crippen molar-refractivity contribution in [3.8, 4) is 0 Å². The largest absolute Gasteiger partial charge is 0.416 e. The second-order valence-corrected chi connectivity index (χ2v) is 9.08. The van der Waals surface area contributed by atoms with Gasteiger partial charge in [0, 0.05) is 36.2 Å². The predicted octanol–water partition coefficient (Wildman–Crippen LogP) is 6.12. The number of halogens is 2. The van der Waals surface area contributed by atoms with Gasteiger partial charge >= 0.3 is 6.09 Å². The molecule has 0 unspecified atom stereocenters. The fourth-order valence-corrected chi connectivity index (χ4v) is 4.65. The highest BCUT2D eigenvalue weighted by molar-refractivity contribution is 6.30. The molecule has 3 aromatic rings. The number of aliphatic imine (C=N–C) groups is 1. The topological polar surface area (TPSA) is 45.1 Å². The molecule has 0 aromatic heterocycles. The number of carbonyl (C=O) groups excluding carboxylic acids is 1. The van der Waals surface area contributed by atoms with Crippen molar-refractivity contribution in [3.05, 3.63) is 99.5 Å². The van der Waals surface area contributed by atoms with E-state index in [-0.39, 0.29) is 12.1 Å². The van der Waals surface area contributed by atoms with Crippen LogP contribution in [-0.2, 0) is 11.2 Å². The Morgan fingerprint density at radius 3 is 1.97 bits per heavy atom. The summed E-state index contributed by atoms with van der Waals surface area (Å²) in [7, 11) is 0. The quantitative estimate of drug-likeness (QED) is 0.454. The van der Waals surface area contributed by atoms with Gasteiger partial charge in [0.2, 0.25) is 5.90 Å². The first-order valence-electron chi connectivity index (χ1n) is 10.9. The molecule has 2 aliphatic rings. The van der Waals surface area contributed by atoms with E-state index in [1.807, 2.05) is 48.5 Å². The summed E-state index contributed by atoms with van der Waals surface area (Å²) in [5.41, 5.74) is 4.25. The Bertz CT molecular complexity index is 1130. The third kappa shape index (κ3) is 4.91. The van der Waals surface area contributed by atoms with E-state index in [2.05, 4.69) is 34.2 Å². The Morgan fingerprint density at radius 1 is 0.818 bits per heavy atom. The van der Waals surface area contributed by atoms with E-state index in [0.717, 1.165) is 35.5 Å². The van der Waals surface area contributed by atoms with Crippen LogP contribution in [0.3, 0.4) is 0 Å². The Labute approximate surface area is 203 Å². The normalized spacial score (nSPS) is 16.0. The van der Waals surface area contributed by atoms with Crippen LogP contribution in [0, 0.1) is 0 Å². The SMILES string of the molecule is O=C(OC1=Nc2ccccc2C1)N1CCN(C(c2ccc(Cl)cc2)c2ccc(Cl)cc2)CC1. The van der Waals surface area contributed by atoms with Crippen LogP contribution in [0.1, 0.15) is 22.7 Å². The molecular weight excluding hydrogens is 457 g/mol. The molecule has 2 heterocycles. The highest BCUT2D eigenvalue weighted by atomic mass is 35.5. The first-order valence-corrected chi connectivity index (χ1v) is 11.7. The van der Waals surface area contributed by atoms with E-state index >= 15 is 0 Å². The average molecular weight is 480 g/mol. The number of benzene rings is 3. The molecule has 5 rings (SSSR count). The summed E-state index contributed by atoms with van der Waals surface area (Å²) in [6.45, 7) is 2.60. The lowest BCUT2D eigenvalue weighted by Crippen LogP contribution is -2.50. The number of hydrogen-bond acceptors (Lipinski definition) is 4. The van der Waals surface area contributed by atoms with E-state index in [9.17, 15) is 4.79 Å². The molecule has 1 amide bonds. The summed E-state index contributed by atoms with van der Waals surface area (Å²) in [6.07, 6.45) is 0.215. The summed E-state index contributed by atoms with van der Waals surface area (Å²) in [6, 6.07) is 23.7. The number of rotatable bonds is 3. The fourth-order valence-electron chi connectivity index (χ4n) is 4.40. The molecule has 5 nitrogen and oxygen atoms in total. The Morgan fingerprint density at radius 2 is 1.39 bits per heavy atom. The molecule has 0 bridgehead atoms. The molecular formula is C26H23Cl2N3O2. The molecule has 1 fully saturated rings. The maximum Gasteiger partial charge on any atom is 0.416 e. The number of carbonyl (C=O) groups is 1. The molecule has 1 saturated heterocycles. The van der Waals surface area contributed by atoms with E-state index in [1.54, 1.807) is 4.90 Å². The Kier molecular flexibility index (Phi) is 6.36. The minimum absolute atomic E-state index is 0.0476. The minimum atomic E-state index is -0.337. The summed E-state index contributed by atoms with van der Waals surface area (Å²) in [5, 5.41) is 1.41. The van der Waals surface area contributed by atoms with E-state index in [4.69, 9.17) is 27.9 Å². The van der Waals surface area contributed by atoms with Crippen molar-refractivity contribution in [2.45, 2.75) is 12.5 Å². The lowest BCUT2D eigenvalue weighted by molar-refractivity contribution is 0.0951. The van der Waals surface area contributed by atoms with Gasteiger partial charge < -0.3 is 9.64 Å². The van der Waals surface area contributed by atoms with Crippen LogP contribution < -0.4 is 0 Å². The van der Waals surface area contributed by atoms with Crippen molar-refractivity contribution in [1.29, 1.82) is 0 Å². The number of ether oxygens (including phenoxy) is 1. The molecule has 0 atom stereocenters. The molecule has 3 aromatic carbocycles. The average Bonchev–Trinajstić information content (AvgIpc) is 3.24. The number of fused-ring (bicyclic) bond motifs is 1. The zero-order valence-electron chi connectivity index (χ0n) is 18.0. The highest BCUT2D eigenvalue weighted by Crippen LogP contribution is 2.32. The standard InChI is InChI=1S/C26H23Cl2N3O2/c27-21-9-5-18(6-10-21)25(19-7-11-22(28)12-8-19)30-13-15-31(16-14-30)26(32)33-24-17-20-3-1-2-4-23(20)29-24/h1-12,25H,13-17H2. The lowest BCUT2D eigenvalue weighted by Gasteiger charge is -2.39. The van der Waals surface area contributed by atoms with Gasteiger partial charge in [0.25, 0.3) is 0 Å². The smallest absolute Gasteiger partial charge is 0.395 e. The van der Waals surface area contributed by atoms with Gasteiger partial charge in [-0.25, -0.2) is 9.79 Å². The third-order valence-corrected chi connectivity index (χ3v) is 6.60. The second-order valence-electron chi connectivity index (χ2n) is 8.21. The first kappa shape index (κ1) is 22.0. The van der Waals surface area contributed by atoms with Gasteiger partial charge in [-0.3, -0.25) is 4.90 Å². The number of nitrogens with zero attached hydrogens (tertiary/aromatic N) is 3. The maximum absolute atomic E-state index is 12.8. The van der Waals surface area contributed by atoms with Crippen molar-refractivity contribution < 1.29 is 9.53 Å². The Balaban J connectivity index is 1.26. The van der Waals surface area contributed by atoms with Crippen LogP contribution in [-0.4, -0.2) is 48.0 Å². The van der Waals surface area contributed by atoms with Gasteiger partial charge in [-0.15, -0.1) is 0 Å². The molecule has 33 heavy (non-hydrogen) atoms. The molecule has 0 N–H and O–H groups in total. The molecule has 0 radical (unpaired) electrons. The number of piperazine rings is 1. The molecule has 168 valence electrons. The zero-order chi connectivity index (χ0) is 22.8. The van der Waals surface area contributed by atoms with Crippen molar-refractivity contribution in [1.82, 2.24) is 9.80 Å². The van der Waals surface area contributed by atoms with Gasteiger partial charge in [0.05, 0.1) is 18.2 Å². The van der Waals surface area contributed by atoms with E-state index in [0.29, 0.717) is 35.5 Å². The van der Waals surface area contributed by atoms with Crippen LogP contribution in [0.15, 0.2) is 77.8 Å². The van der Waals surface area contributed by atoms with E-state index < -0.39 is 0 Å². The van der Waals surface area contributed by atoms with Gasteiger partial charge in [-0.1, -0.05) is 65.7 Å². The van der Waals surface area contributed by atoms with Gasteiger partial charge in [-0.05, 0) is 47.0 Å². The van der Waals surface area contributed by atoms with Crippen molar-refractivity contribution in [3.63, 3.8) is 0 Å². The first-order chi connectivity index (χ1) is 16.1. The monoisotopic (exact) mass is 479 g/mol. The van der Waals surface area contributed by atoms with Gasteiger partial charge in [0.15, 0.2) is 0 Å². The molecule has 7 heteroatoms. The maximum atomic E-state index is 12.8. The lowest BCUT2D eigenvalue weighted by atomic mass is 9.96. The molecule has 0 spiro atoms. The second kappa shape index (κ2) is 9.56. The minimum Gasteiger partial charge on any atom is -0.395 e. The zero-order valence-corrected chi connectivity index (χ0v) is 19.5. The van der Waals surface area contributed by atoms with Crippen molar-refractivity contribution in [2.24, 2.45) is 4.99 Å². The number of amides is 1. The summed E-state index contributed by atoms with van der Waals surface area (Å²) >= 11 is 12.2. The third-order valence-electron chi connectivity index (χ3n) is 6.09. The fraction of sp³-hybridized carbons (Fsp3) is 0.231. The number of para-hydroxylation sites is 1. The van der Waals surface area contributed by atoms with Gasteiger partial charge in [0.1, 0.15) is 0 Å². The van der Waals surface area contributed by atoms with E-state index in [1.165, 1.54) is 0 Å². The summed E-state index contributed by atoms with van der Waals surface area (Å²) < 4.78 is 5.61. The number of hydrogen-bond donors (Lipinski definition) is 0. The van der Waals surface area contributed by atoms with Crippen molar-refractivity contribution >= 4 is 40.9 Å². The van der Waals surface area contributed by atoms with Crippen LogP contribution in [0.25, 0.3) is 0 Å². The van der Waals surface area contributed by atoms with Crippen LogP contribution in [0.5, 0.6) is 0 Å². The predicted molar refractivity (Wildman–Crippen MR) is 132 cm³/mol. The van der Waals surface area contributed by atoms with Crippen LogP contribution in [0.2, 0.25) is 10.0 Å². The Hall–Kier alpha value is -2.86. The van der Waals surface area contributed by atoms with Crippen molar-refractivity contribution in [2.75, 3.05) is 26.2 Å². The van der Waals surface area contributed by atoms with Crippen LogP contribution in [0.4, 0.5) is 10.5 Å². The highest BCUT2D eigenvalue weighted by Gasteiger charge is 2.30. The molecule has 0 saturated carbocycles.